The molecule has 5 rings (SSSR count). The van der Waals surface area contributed by atoms with Crippen molar-refractivity contribution in [3.63, 3.8) is 0 Å². The molecule has 1 saturated carbocycles. The van der Waals surface area contributed by atoms with Gasteiger partial charge in [-0.05, 0) is 63.8 Å². The van der Waals surface area contributed by atoms with Crippen LogP contribution >= 0.6 is 0 Å². The quantitative estimate of drug-likeness (QED) is 0.647. The highest BCUT2D eigenvalue weighted by Crippen LogP contribution is 2.38. The molecule has 4 aliphatic heterocycles. The lowest BCUT2D eigenvalue weighted by Crippen LogP contribution is -2.62. The van der Waals surface area contributed by atoms with Crippen LogP contribution in [0.3, 0.4) is 0 Å². The lowest BCUT2D eigenvalue weighted by atomic mass is 9.76. The second kappa shape index (κ2) is 11.1. The number of rotatable bonds is 5. The predicted molar refractivity (Wildman–Crippen MR) is 135 cm³/mol. The topological polar surface area (TPSA) is 76.2 Å². The molecule has 4 amide bonds. The summed E-state index contributed by atoms with van der Waals surface area (Å²) in [6.07, 6.45) is 12.0. The molecule has 8 nitrogen and oxygen atoms in total. The molecule has 0 aromatic heterocycles. The minimum absolute atomic E-state index is 0.0154. The number of carbonyl (C=O) groups is 3. The zero-order valence-corrected chi connectivity index (χ0v) is 21.6. The highest BCUT2D eigenvalue weighted by atomic mass is 16.2. The number of likely N-dealkylation sites (N-methyl/N-ethyl adjacent to an activating group) is 1. The zero-order chi connectivity index (χ0) is 24.4. The van der Waals surface area contributed by atoms with Crippen LogP contribution in [0, 0.1) is 17.8 Å². The fourth-order valence-electron chi connectivity index (χ4n) is 7.50. The summed E-state index contributed by atoms with van der Waals surface area (Å²) in [4.78, 5) is 47.0. The van der Waals surface area contributed by atoms with Crippen molar-refractivity contribution in [1.82, 2.24) is 24.9 Å². The molecule has 2 bridgehead atoms. The van der Waals surface area contributed by atoms with Crippen molar-refractivity contribution >= 4 is 17.8 Å². The Hall–Kier alpha value is -1.83. The highest BCUT2D eigenvalue weighted by Gasteiger charge is 2.45. The second-order valence-electron chi connectivity index (χ2n) is 11.9. The number of piperidine rings is 4. The number of amides is 4. The van der Waals surface area contributed by atoms with E-state index in [0.29, 0.717) is 55.9 Å². The van der Waals surface area contributed by atoms with Crippen LogP contribution in [0.25, 0.3) is 0 Å². The van der Waals surface area contributed by atoms with E-state index in [1.165, 1.54) is 32.1 Å². The van der Waals surface area contributed by atoms with Crippen LogP contribution in [0.2, 0.25) is 0 Å². The van der Waals surface area contributed by atoms with E-state index in [2.05, 4.69) is 27.1 Å². The van der Waals surface area contributed by atoms with Gasteiger partial charge in [-0.25, -0.2) is 4.79 Å². The average molecular weight is 488 g/mol. The van der Waals surface area contributed by atoms with Crippen LogP contribution < -0.4 is 5.32 Å². The summed E-state index contributed by atoms with van der Waals surface area (Å²) >= 11 is 0. The molecule has 1 N–H and O–H groups in total. The molecule has 0 spiro atoms. The van der Waals surface area contributed by atoms with Crippen molar-refractivity contribution in [3.8, 4) is 0 Å². The Bertz CT molecular complexity index is 777. The minimum Gasteiger partial charge on any atom is -0.355 e. The van der Waals surface area contributed by atoms with E-state index in [1.807, 2.05) is 4.90 Å². The van der Waals surface area contributed by atoms with Gasteiger partial charge in [0.1, 0.15) is 0 Å². The molecular weight excluding hydrogens is 442 g/mol. The lowest BCUT2D eigenvalue weighted by Gasteiger charge is -2.53. The van der Waals surface area contributed by atoms with Crippen molar-refractivity contribution in [2.45, 2.75) is 82.7 Å². The number of nitrogens with one attached hydrogen (secondary N) is 1. The number of fused-ring (bicyclic) bond motifs is 4. The van der Waals surface area contributed by atoms with Gasteiger partial charge in [0.15, 0.2) is 0 Å². The molecule has 4 heterocycles. The molecule has 2 unspecified atom stereocenters. The largest absolute Gasteiger partial charge is 0.355 e. The first-order valence-electron chi connectivity index (χ1n) is 14.3. The highest BCUT2D eigenvalue weighted by molar-refractivity contribution is 5.80. The molecule has 5 fully saturated rings. The van der Waals surface area contributed by atoms with Gasteiger partial charge in [0, 0.05) is 70.2 Å². The van der Waals surface area contributed by atoms with E-state index in [9.17, 15) is 14.4 Å². The third kappa shape index (κ3) is 5.62. The summed E-state index contributed by atoms with van der Waals surface area (Å²) in [5, 5.41) is 3.16. The van der Waals surface area contributed by atoms with Gasteiger partial charge in [0.05, 0.1) is 0 Å². The smallest absolute Gasteiger partial charge is 0.320 e. The van der Waals surface area contributed by atoms with Gasteiger partial charge in [-0.1, -0.05) is 19.3 Å². The Morgan fingerprint density at radius 2 is 1.71 bits per heavy atom. The van der Waals surface area contributed by atoms with E-state index < -0.39 is 0 Å². The predicted octanol–water partition coefficient (Wildman–Crippen LogP) is 2.53. The first kappa shape index (κ1) is 24.8. The normalized spacial score (nSPS) is 30.4. The fraction of sp³-hybridized carbons (Fsp3) is 0.889. The number of urea groups is 1. The maximum Gasteiger partial charge on any atom is 0.320 e. The lowest BCUT2D eigenvalue weighted by molar-refractivity contribution is -0.144. The van der Waals surface area contributed by atoms with Gasteiger partial charge in [-0.2, -0.15) is 0 Å². The molecular formula is C27H45N5O3. The van der Waals surface area contributed by atoms with Crippen molar-refractivity contribution in [2.24, 2.45) is 17.8 Å². The average Bonchev–Trinajstić information content (AvgIpc) is 2.89. The zero-order valence-electron chi connectivity index (χ0n) is 21.6. The molecule has 196 valence electrons. The number of nitrogens with zero attached hydrogens (tertiary/aromatic N) is 4. The molecule has 0 aromatic carbocycles. The Labute approximate surface area is 210 Å². The number of hydrogen-bond acceptors (Lipinski definition) is 4. The van der Waals surface area contributed by atoms with Crippen LogP contribution in [0.1, 0.15) is 70.6 Å². The number of carbonyl (C=O) groups excluding carboxylic acids is 3. The van der Waals surface area contributed by atoms with Crippen LogP contribution in [-0.2, 0) is 9.59 Å². The summed E-state index contributed by atoms with van der Waals surface area (Å²) in [6.45, 7) is 5.32. The number of likely N-dealkylation sites (tertiary alicyclic amines) is 2. The third-order valence-corrected chi connectivity index (χ3v) is 9.55. The number of hydrogen-bond donors (Lipinski definition) is 1. The standard InChI is InChI=1S/C27H45N5O3/c1-29(23-6-3-2-4-7-23)15-12-28-26(34)21-10-13-30(14-11-21)27(35)31-17-20-16-22(19-31)24-8-5-9-25(33)32(24)18-20/h20-24H,2-19H2,1H3,(H,28,34)/t20?,22?,24-/m1/s1. The molecule has 3 atom stereocenters. The van der Waals surface area contributed by atoms with Crippen LogP contribution in [0.5, 0.6) is 0 Å². The van der Waals surface area contributed by atoms with E-state index in [0.717, 1.165) is 58.3 Å². The van der Waals surface area contributed by atoms with Crippen molar-refractivity contribution in [2.75, 3.05) is 52.9 Å². The van der Waals surface area contributed by atoms with E-state index in [-0.39, 0.29) is 17.9 Å². The van der Waals surface area contributed by atoms with Gasteiger partial charge in [0.2, 0.25) is 11.8 Å². The summed E-state index contributed by atoms with van der Waals surface area (Å²) in [7, 11) is 2.19. The SMILES string of the molecule is CN(CCNC(=O)C1CCN(C(=O)N2CC3CC(C2)[C@H]2CCCC(=O)N2C3)CC1)C1CCCCC1. The van der Waals surface area contributed by atoms with Crippen molar-refractivity contribution < 1.29 is 14.4 Å². The van der Waals surface area contributed by atoms with Crippen LogP contribution in [0.4, 0.5) is 4.79 Å². The molecule has 8 heteroatoms. The molecule has 4 saturated heterocycles. The fourth-order valence-corrected chi connectivity index (χ4v) is 7.50. The Morgan fingerprint density at radius 1 is 0.943 bits per heavy atom. The first-order valence-corrected chi connectivity index (χ1v) is 14.3. The second-order valence-corrected chi connectivity index (χ2v) is 11.9. The molecule has 0 radical (unpaired) electrons. The van der Waals surface area contributed by atoms with Gasteiger partial charge in [0.25, 0.3) is 0 Å². The van der Waals surface area contributed by atoms with E-state index >= 15 is 0 Å². The van der Waals surface area contributed by atoms with E-state index in [1.54, 1.807) is 0 Å². The summed E-state index contributed by atoms with van der Waals surface area (Å²) in [5.74, 6) is 1.32. The summed E-state index contributed by atoms with van der Waals surface area (Å²) in [5.41, 5.74) is 0. The third-order valence-electron chi connectivity index (χ3n) is 9.55. The van der Waals surface area contributed by atoms with Crippen molar-refractivity contribution in [1.29, 1.82) is 0 Å². The maximum atomic E-state index is 13.3. The Morgan fingerprint density at radius 3 is 2.49 bits per heavy atom. The van der Waals surface area contributed by atoms with Gasteiger partial charge >= 0.3 is 6.03 Å². The molecule has 1 aliphatic carbocycles. The summed E-state index contributed by atoms with van der Waals surface area (Å²) < 4.78 is 0. The van der Waals surface area contributed by atoms with Crippen LogP contribution in [-0.4, -0.2) is 102 Å². The summed E-state index contributed by atoms with van der Waals surface area (Å²) in [6, 6.07) is 1.14. The minimum atomic E-state index is 0.0154. The first-order chi connectivity index (χ1) is 17.0. The van der Waals surface area contributed by atoms with E-state index in [4.69, 9.17) is 0 Å². The van der Waals surface area contributed by atoms with Crippen LogP contribution in [0.15, 0.2) is 0 Å². The molecule has 5 aliphatic rings. The Balaban J connectivity index is 1.04. The molecule has 35 heavy (non-hydrogen) atoms. The van der Waals surface area contributed by atoms with Gasteiger partial charge in [-0.15, -0.1) is 0 Å². The maximum absolute atomic E-state index is 13.3. The molecule has 0 aromatic rings. The monoisotopic (exact) mass is 487 g/mol. The van der Waals surface area contributed by atoms with Gasteiger partial charge in [-0.3, -0.25) is 9.59 Å². The Kier molecular flexibility index (Phi) is 7.85. The van der Waals surface area contributed by atoms with Gasteiger partial charge < -0.3 is 24.9 Å². The van der Waals surface area contributed by atoms with Crippen molar-refractivity contribution in [3.05, 3.63) is 0 Å².